The topological polar surface area (TPSA) is 86.5 Å². The van der Waals surface area contributed by atoms with Crippen LogP contribution >= 0.6 is 10.7 Å². The number of rotatable bonds is 4. The number of benzene rings is 1. The molecule has 0 aliphatic carbocycles. The first kappa shape index (κ1) is 14.5. The molecule has 1 rings (SSSR count). The van der Waals surface area contributed by atoms with Gasteiger partial charge in [-0.15, -0.1) is 0 Å². The van der Waals surface area contributed by atoms with Crippen LogP contribution in [0, 0.1) is 15.9 Å². The third kappa shape index (κ3) is 3.01. The average Bonchev–Trinajstić information content (AvgIpc) is 2.17. The van der Waals surface area contributed by atoms with Gasteiger partial charge in [0.2, 0.25) is 5.82 Å². The molecule has 0 radical (unpaired) electrons. The number of hydrogen-bond donors (Lipinski definition) is 0. The van der Waals surface area contributed by atoms with Gasteiger partial charge in [0.25, 0.3) is 9.05 Å². The Morgan fingerprint density at radius 2 is 1.94 bits per heavy atom. The van der Waals surface area contributed by atoms with E-state index in [0.717, 1.165) is 0 Å². The standard InChI is InChI=1S/C7H3ClF3NO5S/c8-18(15,16)4-2-1-3(12(13)14)5(9)6(4)17-7(10)11/h1-2,7H. The summed E-state index contributed by atoms with van der Waals surface area (Å²) in [6.07, 6.45) is 0. The maximum absolute atomic E-state index is 13.5. The molecule has 0 aliphatic heterocycles. The number of alkyl halides is 2. The molecular weight excluding hydrogens is 303 g/mol. The van der Waals surface area contributed by atoms with Gasteiger partial charge in [0.1, 0.15) is 4.90 Å². The van der Waals surface area contributed by atoms with E-state index in [2.05, 4.69) is 4.74 Å². The van der Waals surface area contributed by atoms with Crippen molar-refractivity contribution in [2.24, 2.45) is 0 Å². The highest BCUT2D eigenvalue weighted by Gasteiger charge is 2.29. The second kappa shape index (κ2) is 4.98. The van der Waals surface area contributed by atoms with Gasteiger partial charge in [-0.1, -0.05) is 0 Å². The van der Waals surface area contributed by atoms with E-state index in [4.69, 9.17) is 10.7 Å². The van der Waals surface area contributed by atoms with Crippen LogP contribution in [0.25, 0.3) is 0 Å². The van der Waals surface area contributed by atoms with Crippen molar-refractivity contribution in [3.8, 4) is 5.75 Å². The number of hydrogen-bond acceptors (Lipinski definition) is 5. The number of nitro benzene ring substituents is 1. The third-order valence-corrected chi connectivity index (χ3v) is 3.05. The van der Waals surface area contributed by atoms with Gasteiger partial charge < -0.3 is 4.74 Å². The molecule has 0 aliphatic rings. The van der Waals surface area contributed by atoms with E-state index >= 15 is 0 Å². The van der Waals surface area contributed by atoms with Gasteiger partial charge in [0.05, 0.1) is 4.92 Å². The van der Waals surface area contributed by atoms with Crippen LogP contribution in [0.5, 0.6) is 5.75 Å². The van der Waals surface area contributed by atoms with Crippen molar-refractivity contribution in [2.75, 3.05) is 0 Å². The zero-order valence-electron chi connectivity index (χ0n) is 8.14. The summed E-state index contributed by atoms with van der Waals surface area (Å²) in [6, 6.07) is 0.976. The Labute approximate surface area is 102 Å². The Bertz CT molecular complexity index is 591. The first-order chi connectivity index (χ1) is 8.14. The van der Waals surface area contributed by atoms with Gasteiger partial charge in [-0.25, -0.2) is 8.42 Å². The SMILES string of the molecule is O=[N+]([O-])c1ccc(S(=O)(=O)Cl)c(OC(F)F)c1F. The first-order valence-electron chi connectivity index (χ1n) is 4.01. The molecule has 1 aromatic rings. The maximum Gasteiger partial charge on any atom is 0.387 e. The Balaban J connectivity index is 3.56. The van der Waals surface area contributed by atoms with E-state index in [-0.39, 0.29) is 0 Å². The molecule has 11 heteroatoms. The van der Waals surface area contributed by atoms with E-state index < -0.39 is 42.7 Å². The molecule has 100 valence electrons. The van der Waals surface area contributed by atoms with Crippen molar-refractivity contribution in [1.82, 2.24) is 0 Å². The second-order valence-corrected chi connectivity index (χ2v) is 5.33. The lowest BCUT2D eigenvalue weighted by atomic mass is 10.3. The summed E-state index contributed by atoms with van der Waals surface area (Å²) in [5.74, 6) is -3.34. The molecule has 0 unspecified atom stereocenters. The van der Waals surface area contributed by atoms with Crippen LogP contribution in [0.15, 0.2) is 17.0 Å². The lowest BCUT2D eigenvalue weighted by Gasteiger charge is -2.09. The summed E-state index contributed by atoms with van der Waals surface area (Å²) in [5.41, 5.74) is -1.21. The minimum Gasteiger partial charge on any atom is -0.430 e. The molecule has 18 heavy (non-hydrogen) atoms. The highest BCUT2D eigenvalue weighted by atomic mass is 35.7. The van der Waals surface area contributed by atoms with E-state index in [1.165, 1.54) is 0 Å². The van der Waals surface area contributed by atoms with Crippen molar-refractivity contribution in [1.29, 1.82) is 0 Å². The van der Waals surface area contributed by atoms with E-state index in [9.17, 15) is 31.7 Å². The van der Waals surface area contributed by atoms with Crippen LogP contribution in [-0.2, 0) is 9.05 Å². The zero-order chi connectivity index (χ0) is 14.1. The fourth-order valence-electron chi connectivity index (χ4n) is 1.06. The van der Waals surface area contributed by atoms with Crippen LogP contribution in [0.4, 0.5) is 18.9 Å². The smallest absolute Gasteiger partial charge is 0.387 e. The van der Waals surface area contributed by atoms with Crippen LogP contribution in [-0.4, -0.2) is 20.0 Å². The lowest BCUT2D eigenvalue weighted by Crippen LogP contribution is -2.09. The monoisotopic (exact) mass is 305 g/mol. The Hall–Kier alpha value is -1.55. The molecule has 6 nitrogen and oxygen atoms in total. The van der Waals surface area contributed by atoms with Crippen LogP contribution in [0.3, 0.4) is 0 Å². The van der Waals surface area contributed by atoms with Crippen molar-refractivity contribution in [2.45, 2.75) is 11.5 Å². The predicted octanol–water partition coefficient (Wildman–Crippen LogP) is 2.26. The van der Waals surface area contributed by atoms with Crippen molar-refractivity contribution in [3.63, 3.8) is 0 Å². The van der Waals surface area contributed by atoms with Crippen molar-refractivity contribution >= 4 is 25.4 Å². The van der Waals surface area contributed by atoms with Gasteiger partial charge in [-0.2, -0.15) is 13.2 Å². The normalized spacial score (nSPS) is 11.6. The minimum absolute atomic E-state index is 0.475. The fraction of sp³-hybridized carbons (Fsp3) is 0.143. The van der Waals surface area contributed by atoms with Gasteiger partial charge in [0.15, 0.2) is 5.75 Å². The van der Waals surface area contributed by atoms with Crippen molar-refractivity contribution in [3.05, 3.63) is 28.1 Å². The van der Waals surface area contributed by atoms with E-state index in [1.54, 1.807) is 0 Å². The molecule has 0 saturated carbocycles. The zero-order valence-corrected chi connectivity index (χ0v) is 9.71. The van der Waals surface area contributed by atoms with Gasteiger partial charge in [-0.3, -0.25) is 10.1 Å². The summed E-state index contributed by atoms with van der Waals surface area (Å²) in [6.45, 7) is -3.57. The third-order valence-electron chi connectivity index (χ3n) is 1.71. The summed E-state index contributed by atoms with van der Waals surface area (Å²) >= 11 is 0. The molecule has 0 bridgehead atoms. The Kier molecular flexibility index (Phi) is 4.02. The number of nitro groups is 1. The summed E-state index contributed by atoms with van der Waals surface area (Å²) in [4.78, 5) is 8.02. The molecular formula is C7H3ClF3NO5S. The predicted molar refractivity (Wildman–Crippen MR) is 52.7 cm³/mol. The molecule has 0 atom stereocenters. The second-order valence-electron chi connectivity index (χ2n) is 2.80. The number of halogens is 4. The highest BCUT2D eigenvalue weighted by Crippen LogP contribution is 2.35. The summed E-state index contributed by atoms with van der Waals surface area (Å²) in [7, 11) is 0.269. The molecule has 0 aromatic heterocycles. The molecule has 0 N–H and O–H groups in total. The van der Waals surface area contributed by atoms with Crippen LogP contribution < -0.4 is 4.74 Å². The Morgan fingerprint density at radius 1 is 1.39 bits per heavy atom. The van der Waals surface area contributed by atoms with E-state index in [1.807, 2.05) is 0 Å². The summed E-state index contributed by atoms with van der Waals surface area (Å²) in [5, 5.41) is 10.4. The average molecular weight is 306 g/mol. The summed E-state index contributed by atoms with van der Waals surface area (Å²) < 4.78 is 63.0. The van der Waals surface area contributed by atoms with Gasteiger partial charge in [0, 0.05) is 16.7 Å². The highest BCUT2D eigenvalue weighted by molar-refractivity contribution is 8.13. The largest absolute Gasteiger partial charge is 0.430 e. The van der Waals surface area contributed by atoms with E-state index in [0.29, 0.717) is 12.1 Å². The van der Waals surface area contributed by atoms with Crippen LogP contribution in [0.1, 0.15) is 0 Å². The number of ether oxygens (including phenoxy) is 1. The quantitative estimate of drug-likeness (QED) is 0.484. The van der Waals surface area contributed by atoms with Gasteiger partial charge >= 0.3 is 12.3 Å². The maximum atomic E-state index is 13.5. The first-order valence-corrected chi connectivity index (χ1v) is 6.32. The molecule has 0 spiro atoms. The minimum atomic E-state index is -4.59. The molecule has 1 aromatic carbocycles. The van der Waals surface area contributed by atoms with Crippen molar-refractivity contribution < 1.29 is 31.2 Å². The fourth-order valence-corrected chi connectivity index (χ4v) is 2.01. The number of nitrogens with zero attached hydrogens (tertiary/aromatic N) is 1. The van der Waals surface area contributed by atoms with Crippen LogP contribution in [0.2, 0.25) is 0 Å². The molecule has 0 fully saturated rings. The lowest BCUT2D eigenvalue weighted by molar-refractivity contribution is -0.387. The Morgan fingerprint density at radius 3 is 2.33 bits per heavy atom. The van der Waals surface area contributed by atoms with Gasteiger partial charge in [-0.05, 0) is 6.07 Å². The molecule has 0 amide bonds. The molecule has 0 heterocycles. The molecule has 0 saturated heterocycles.